The van der Waals surface area contributed by atoms with Crippen molar-refractivity contribution >= 4 is 35.3 Å². The molecule has 0 aromatic heterocycles. The van der Waals surface area contributed by atoms with Gasteiger partial charge in [0.05, 0.1) is 18.7 Å². The highest BCUT2D eigenvalue weighted by molar-refractivity contribution is 6.08. The minimum absolute atomic E-state index is 0.0339. The summed E-state index contributed by atoms with van der Waals surface area (Å²) in [5.74, 6) is -12.6. The van der Waals surface area contributed by atoms with Gasteiger partial charge in [0, 0.05) is 12.5 Å². The number of Topliss-reactive ketones (excluding diaryl/α,β-unsaturated/α-hetero) is 1. The van der Waals surface area contributed by atoms with Crippen LogP contribution in [0.15, 0.2) is 48.5 Å². The third kappa shape index (κ3) is 7.79. The molecular formula is C34H31F4N3O9. The molecular weight excluding hydrogens is 670 g/mol. The summed E-state index contributed by atoms with van der Waals surface area (Å²) in [5, 5.41) is 14.2. The zero-order chi connectivity index (χ0) is 36.1. The van der Waals surface area contributed by atoms with Gasteiger partial charge in [-0.1, -0.05) is 25.1 Å². The number of para-hydroxylation sites is 1. The van der Waals surface area contributed by atoms with E-state index in [2.05, 4.69) is 15.4 Å². The van der Waals surface area contributed by atoms with Crippen molar-refractivity contribution in [3.63, 3.8) is 0 Å². The molecule has 50 heavy (non-hydrogen) atoms. The molecule has 3 aromatic carbocycles. The molecule has 12 nitrogen and oxygen atoms in total. The summed E-state index contributed by atoms with van der Waals surface area (Å²) < 4.78 is 70.8. The number of rotatable bonds is 13. The van der Waals surface area contributed by atoms with Gasteiger partial charge in [-0.25, -0.2) is 13.6 Å². The van der Waals surface area contributed by atoms with Crippen molar-refractivity contribution in [3.8, 4) is 17.2 Å². The third-order valence-corrected chi connectivity index (χ3v) is 8.02. The zero-order valence-corrected chi connectivity index (χ0v) is 26.5. The molecule has 3 N–H and O–H groups in total. The number of hydrogen-bond donors (Lipinski definition) is 3. The molecule has 16 heteroatoms. The Morgan fingerprint density at radius 3 is 2.28 bits per heavy atom. The number of anilines is 1. The van der Waals surface area contributed by atoms with Gasteiger partial charge in [0.1, 0.15) is 36.2 Å². The quantitative estimate of drug-likeness (QED) is 0.177. The summed E-state index contributed by atoms with van der Waals surface area (Å²) >= 11 is 0. The lowest BCUT2D eigenvalue weighted by Crippen LogP contribution is -2.57. The Hall–Kier alpha value is -5.67. The Morgan fingerprint density at radius 1 is 0.960 bits per heavy atom. The molecule has 3 unspecified atom stereocenters. The Bertz CT molecular complexity index is 1800. The predicted molar refractivity (Wildman–Crippen MR) is 166 cm³/mol. The lowest BCUT2D eigenvalue weighted by molar-refractivity contribution is -0.140. The highest BCUT2D eigenvalue weighted by Crippen LogP contribution is 2.39. The van der Waals surface area contributed by atoms with Gasteiger partial charge in [0.25, 0.3) is 0 Å². The van der Waals surface area contributed by atoms with Crippen LogP contribution in [0.1, 0.15) is 37.3 Å². The minimum Gasteiger partial charge on any atom is -0.494 e. The highest BCUT2D eigenvalue weighted by atomic mass is 19.2. The van der Waals surface area contributed by atoms with Crippen LogP contribution in [-0.4, -0.2) is 66.1 Å². The van der Waals surface area contributed by atoms with E-state index in [1.54, 1.807) is 30.3 Å². The van der Waals surface area contributed by atoms with Crippen LogP contribution in [0.2, 0.25) is 0 Å². The fraction of sp³-hybridized carbons (Fsp3) is 0.324. The number of aliphatic carboxylic acids is 1. The highest BCUT2D eigenvalue weighted by Gasteiger charge is 2.45. The average molecular weight is 702 g/mol. The van der Waals surface area contributed by atoms with Gasteiger partial charge in [-0.2, -0.15) is 8.78 Å². The molecule has 2 aliphatic rings. The van der Waals surface area contributed by atoms with Gasteiger partial charge in [0.15, 0.2) is 23.2 Å². The van der Waals surface area contributed by atoms with Crippen molar-refractivity contribution in [2.75, 3.05) is 18.1 Å². The molecule has 3 aromatic rings. The largest absolute Gasteiger partial charge is 0.494 e. The third-order valence-electron chi connectivity index (χ3n) is 8.02. The molecule has 264 valence electrons. The number of benzene rings is 3. The van der Waals surface area contributed by atoms with Crippen molar-refractivity contribution < 1.29 is 60.9 Å². The fourth-order valence-corrected chi connectivity index (χ4v) is 5.69. The molecule has 3 atom stereocenters. The van der Waals surface area contributed by atoms with Crippen LogP contribution in [0.3, 0.4) is 0 Å². The van der Waals surface area contributed by atoms with Crippen LogP contribution < -0.4 is 29.7 Å². The van der Waals surface area contributed by atoms with Gasteiger partial charge < -0.3 is 30.0 Å². The fourth-order valence-electron chi connectivity index (χ4n) is 5.69. The summed E-state index contributed by atoms with van der Waals surface area (Å²) in [6, 6.07) is 7.10. The standard InChI is InChI=1S/C34H31F4N3O9/c1-2-12-48-19-7-9-20(10-8-19)50-34(47)40-23-11-6-17-4-3-5-18-13-25(41(30(17)18)33(23)46)32(45)39-24(15-27(43)44)26(42)16-49-31-28(37)21(35)14-22(36)29(31)38/h3-5,7-10,14,23-25H,2,6,11-13,15-16H2,1H3,(H,39,45)(H,40,47)(H,43,44). The number of carboxylic acid groups (broad SMARTS) is 1. The smallest absolute Gasteiger partial charge is 0.413 e. The maximum Gasteiger partial charge on any atom is 0.413 e. The summed E-state index contributed by atoms with van der Waals surface area (Å²) in [4.78, 5) is 66.2. The van der Waals surface area contributed by atoms with Crippen molar-refractivity contribution in [2.45, 2.75) is 57.2 Å². The van der Waals surface area contributed by atoms with E-state index in [0.29, 0.717) is 35.6 Å². The predicted octanol–water partition coefficient (Wildman–Crippen LogP) is 4.00. The Labute approximate surface area is 282 Å². The van der Waals surface area contributed by atoms with E-state index in [1.165, 1.54) is 17.0 Å². The van der Waals surface area contributed by atoms with Crippen LogP contribution in [0, 0.1) is 23.3 Å². The van der Waals surface area contributed by atoms with Crippen LogP contribution in [-0.2, 0) is 32.0 Å². The van der Waals surface area contributed by atoms with Gasteiger partial charge in [-0.05, 0) is 54.7 Å². The summed E-state index contributed by atoms with van der Waals surface area (Å²) in [6.45, 7) is 1.20. The molecule has 0 saturated heterocycles. The monoisotopic (exact) mass is 701 g/mol. The SMILES string of the molecule is CCCOc1ccc(OC(=O)NC2CCc3cccc4c3N(C2=O)C(C(=O)NC(CC(=O)O)C(=O)COc2c(F)c(F)cc(F)c2F)C4)cc1. The van der Waals surface area contributed by atoms with Crippen molar-refractivity contribution in [1.82, 2.24) is 10.6 Å². The number of hydrogen-bond acceptors (Lipinski definition) is 8. The van der Waals surface area contributed by atoms with Gasteiger partial charge in [-0.3, -0.25) is 24.1 Å². The second kappa shape index (κ2) is 15.3. The van der Waals surface area contributed by atoms with Crippen molar-refractivity contribution in [1.29, 1.82) is 0 Å². The van der Waals surface area contributed by atoms with Crippen LogP contribution >= 0.6 is 0 Å². The zero-order valence-electron chi connectivity index (χ0n) is 26.5. The molecule has 0 radical (unpaired) electrons. The lowest BCUT2D eigenvalue weighted by atomic mass is 10.0. The van der Waals surface area contributed by atoms with Crippen LogP contribution in [0.5, 0.6) is 17.2 Å². The number of halogens is 4. The normalized spacial score (nSPS) is 16.9. The molecule has 2 heterocycles. The summed E-state index contributed by atoms with van der Waals surface area (Å²) in [5.41, 5.74) is 1.74. The number of carboxylic acids is 1. The van der Waals surface area contributed by atoms with Crippen LogP contribution in [0.25, 0.3) is 0 Å². The second-order valence-corrected chi connectivity index (χ2v) is 11.5. The first-order chi connectivity index (χ1) is 23.9. The van der Waals surface area contributed by atoms with E-state index < -0.39 is 89.8 Å². The average Bonchev–Trinajstić information content (AvgIpc) is 3.42. The first kappa shape index (κ1) is 35.6. The van der Waals surface area contributed by atoms with E-state index in [0.717, 1.165) is 6.42 Å². The summed E-state index contributed by atoms with van der Waals surface area (Å²) in [6.07, 6.45) is -0.688. The van der Waals surface area contributed by atoms with Crippen molar-refractivity contribution in [2.24, 2.45) is 0 Å². The second-order valence-electron chi connectivity index (χ2n) is 11.5. The number of nitrogens with one attached hydrogen (secondary N) is 2. The maximum atomic E-state index is 14.1. The molecule has 2 aliphatic heterocycles. The topological polar surface area (TPSA) is 161 Å². The minimum atomic E-state index is -1.92. The molecule has 0 bridgehead atoms. The molecule has 0 aliphatic carbocycles. The lowest BCUT2D eigenvalue weighted by Gasteiger charge is -2.28. The molecule has 0 spiro atoms. The molecule has 3 amide bonds. The Balaban J connectivity index is 1.31. The number of aryl methyl sites for hydroxylation is 1. The van der Waals surface area contributed by atoms with E-state index in [9.17, 15) is 46.6 Å². The number of nitrogens with zero attached hydrogens (tertiary/aromatic N) is 1. The molecule has 5 rings (SSSR count). The van der Waals surface area contributed by atoms with E-state index in [-0.39, 0.29) is 24.7 Å². The number of ketones is 1. The van der Waals surface area contributed by atoms with Gasteiger partial charge >= 0.3 is 12.1 Å². The Morgan fingerprint density at radius 2 is 1.62 bits per heavy atom. The molecule has 0 saturated carbocycles. The number of carbonyl (C=O) groups is 5. The molecule has 0 fully saturated rings. The van der Waals surface area contributed by atoms with Crippen LogP contribution in [0.4, 0.5) is 28.0 Å². The maximum absolute atomic E-state index is 14.1. The first-order valence-corrected chi connectivity index (χ1v) is 15.5. The van der Waals surface area contributed by atoms with Crippen molar-refractivity contribution in [3.05, 3.63) is 82.9 Å². The number of amides is 3. The first-order valence-electron chi connectivity index (χ1n) is 15.5. The van der Waals surface area contributed by atoms with E-state index >= 15 is 0 Å². The van der Waals surface area contributed by atoms with Gasteiger partial charge in [0.2, 0.25) is 23.4 Å². The number of carbonyl (C=O) groups excluding carboxylic acids is 4. The van der Waals surface area contributed by atoms with E-state index in [4.69, 9.17) is 9.47 Å². The number of ether oxygens (including phenoxy) is 3. The van der Waals surface area contributed by atoms with Gasteiger partial charge in [-0.15, -0.1) is 0 Å². The summed E-state index contributed by atoms with van der Waals surface area (Å²) in [7, 11) is 0. The Kier molecular flexibility index (Phi) is 10.9. The van der Waals surface area contributed by atoms with E-state index in [1.807, 2.05) is 6.92 Å².